The van der Waals surface area contributed by atoms with Crippen molar-refractivity contribution in [1.29, 1.82) is 0 Å². The summed E-state index contributed by atoms with van der Waals surface area (Å²) in [7, 11) is 0. The van der Waals surface area contributed by atoms with E-state index in [1.54, 1.807) is 38.1 Å². The molecule has 154 valence electrons. The number of para-hydroxylation sites is 1. The fourth-order valence-electron chi connectivity index (χ4n) is 5.32. The van der Waals surface area contributed by atoms with Crippen molar-refractivity contribution in [2.24, 2.45) is 29.6 Å². The summed E-state index contributed by atoms with van der Waals surface area (Å²) in [6, 6.07) is 7.85. The lowest BCUT2D eigenvalue weighted by atomic mass is 9.81. The van der Waals surface area contributed by atoms with Crippen molar-refractivity contribution in [3.05, 3.63) is 30.3 Å². The number of anilines is 1. The third kappa shape index (κ3) is 3.43. The molecule has 0 radical (unpaired) electrons. The number of nitrogens with one attached hydrogen (secondary N) is 1. The number of carbonyl (C=O) groups is 4. The van der Waals surface area contributed by atoms with Crippen LogP contribution in [0.15, 0.2) is 30.3 Å². The second-order valence-corrected chi connectivity index (χ2v) is 8.64. The maximum Gasteiger partial charge on any atom is 0.330 e. The number of ether oxygens (including phenoxy) is 1. The summed E-state index contributed by atoms with van der Waals surface area (Å²) in [6.45, 7) is 3.09. The SMILES string of the molecule is CC(C)[C@@H](C(=O)OCC(=O)Nc1ccccc1)N1C(=O)[C@@H]2[C@H]3CC[C@@H](C3)[C@@H]2C1=O. The minimum Gasteiger partial charge on any atom is -0.454 e. The van der Waals surface area contributed by atoms with Crippen LogP contribution in [0.5, 0.6) is 0 Å². The first-order valence-electron chi connectivity index (χ1n) is 10.3. The molecule has 1 aromatic rings. The van der Waals surface area contributed by atoms with Gasteiger partial charge in [-0.2, -0.15) is 0 Å². The summed E-state index contributed by atoms with van der Waals surface area (Å²) in [6.07, 6.45) is 2.90. The lowest BCUT2D eigenvalue weighted by Crippen LogP contribution is -2.50. The first kappa shape index (κ1) is 19.6. The number of imide groups is 1. The minimum absolute atomic E-state index is 0.239. The molecule has 3 aliphatic rings. The molecule has 1 aliphatic heterocycles. The number of hydrogen-bond donors (Lipinski definition) is 1. The van der Waals surface area contributed by atoms with E-state index in [1.807, 2.05) is 6.07 Å². The predicted molar refractivity (Wildman–Crippen MR) is 104 cm³/mol. The normalized spacial score (nSPS) is 28.6. The number of esters is 1. The van der Waals surface area contributed by atoms with Gasteiger partial charge in [0, 0.05) is 5.69 Å². The van der Waals surface area contributed by atoms with Gasteiger partial charge in [-0.3, -0.25) is 19.3 Å². The van der Waals surface area contributed by atoms with Crippen LogP contribution in [0.4, 0.5) is 5.69 Å². The van der Waals surface area contributed by atoms with Gasteiger partial charge >= 0.3 is 5.97 Å². The van der Waals surface area contributed by atoms with Crippen LogP contribution in [0.3, 0.4) is 0 Å². The topological polar surface area (TPSA) is 92.8 Å². The summed E-state index contributed by atoms with van der Waals surface area (Å²) >= 11 is 0. The number of hydrogen-bond acceptors (Lipinski definition) is 5. The fourth-order valence-corrected chi connectivity index (χ4v) is 5.32. The third-order valence-corrected chi connectivity index (χ3v) is 6.52. The minimum atomic E-state index is -0.996. The third-order valence-electron chi connectivity index (χ3n) is 6.52. The largest absolute Gasteiger partial charge is 0.454 e. The van der Waals surface area contributed by atoms with Crippen LogP contribution in [0, 0.1) is 29.6 Å². The molecule has 5 atom stereocenters. The van der Waals surface area contributed by atoms with Crippen LogP contribution in [-0.4, -0.2) is 41.2 Å². The van der Waals surface area contributed by atoms with Crippen LogP contribution >= 0.6 is 0 Å². The van der Waals surface area contributed by atoms with Gasteiger partial charge in [-0.05, 0) is 49.1 Å². The van der Waals surface area contributed by atoms with Gasteiger partial charge in [-0.25, -0.2) is 4.79 Å². The van der Waals surface area contributed by atoms with Gasteiger partial charge in [0.1, 0.15) is 6.04 Å². The predicted octanol–water partition coefficient (Wildman–Crippen LogP) is 2.22. The Bertz CT molecular complexity index is 809. The summed E-state index contributed by atoms with van der Waals surface area (Å²) in [5, 5.41) is 2.64. The Labute approximate surface area is 169 Å². The number of likely N-dealkylation sites (tertiary alicyclic amines) is 1. The molecule has 2 bridgehead atoms. The summed E-state index contributed by atoms with van der Waals surface area (Å²) in [5.74, 6) is -2.01. The summed E-state index contributed by atoms with van der Waals surface area (Å²) < 4.78 is 5.20. The van der Waals surface area contributed by atoms with E-state index >= 15 is 0 Å². The quantitative estimate of drug-likeness (QED) is 0.586. The van der Waals surface area contributed by atoms with Crippen LogP contribution < -0.4 is 5.32 Å². The Morgan fingerprint density at radius 2 is 1.66 bits per heavy atom. The zero-order valence-corrected chi connectivity index (χ0v) is 16.7. The standard InChI is InChI=1S/C22H26N2O5/c1-12(2)19(22(28)29-11-16(25)23-15-6-4-3-5-7-15)24-20(26)17-13-8-9-14(10-13)18(17)21(24)27/h3-7,12-14,17-19H,8-11H2,1-2H3,(H,23,25)/t13-,14-,17-,18+,19-/m0/s1. The van der Waals surface area contributed by atoms with Gasteiger partial charge in [-0.15, -0.1) is 0 Å². The van der Waals surface area contributed by atoms with Crippen molar-refractivity contribution >= 4 is 29.4 Å². The molecule has 7 heteroatoms. The molecule has 2 saturated carbocycles. The van der Waals surface area contributed by atoms with E-state index in [2.05, 4.69) is 5.32 Å². The van der Waals surface area contributed by atoms with Crippen molar-refractivity contribution in [2.75, 3.05) is 11.9 Å². The molecular formula is C22H26N2O5. The molecule has 0 unspecified atom stereocenters. The Hall–Kier alpha value is -2.70. The highest BCUT2D eigenvalue weighted by molar-refractivity contribution is 6.08. The molecule has 3 fully saturated rings. The highest BCUT2D eigenvalue weighted by Gasteiger charge is 2.62. The molecule has 1 aromatic carbocycles. The highest BCUT2D eigenvalue weighted by Crippen LogP contribution is 2.56. The van der Waals surface area contributed by atoms with Crippen LogP contribution in [0.25, 0.3) is 0 Å². The molecule has 4 rings (SSSR count). The Kier molecular flexibility index (Phi) is 5.15. The average molecular weight is 398 g/mol. The van der Waals surface area contributed by atoms with Gasteiger partial charge in [-0.1, -0.05) is 32.0 Å². The summed E-state index contributed by atoms with van der Waals surface area (Å²) in [4.78, 5) is 52.1. The van der Waals surface area contributed by atoms with Crippen molar-refractivity contribution in [3.63, 3.8) is 0 Å². The second kappa shape index (κ2) is 7.61. The van der Waals surface area contributed by atoms with Crippen molar-refractivity contribution < 1.29 is 23.9 Å². The van der Waals surface area contributed by atoms with E-state index in [-0.39, 0.29) is 41.4 Å². The first-order chi connectivity index (χ1) is 13.9. The maximum absolute atomic E-state index is 13.0. The van der Waals surface area contributed by atoms with E-state index in [4.69, 9.17) is 4.74 Å². The van der Waals surface area contributed by atoms with Crippen LogP contribution in [0.1, 0.15) is 33.1 Å². The van der Waals surface area contributed by atoms with Crippen molar-refractivity contribution in [2.45, 2.75) is 39.2 Å². The Morgan fingerprint density at radius 1 is 1.07 bits per heavy atom. The molecule has 0 spiro atoms. The number of nitrogens with zero attached hydrogens (tertiary/aromatic N) is 1. The van der Waals surface area contributed by atoms with Crippen molar-refractivity contribution in [1.82, 2.24) is 4.90 Å². The van der Waals surface area contributed by atoms with E-state index in [1.165, 1.54) is 0 Å². The zero-order valence-electron chi connectivity index (χ0n) is 16.7. The molecule has 1 saturated heterocycles. The zero-order chi connectivity index (χ0) is 20.7. The first-order valence-corrected chi connectivity index (χ1v) is 10.3. The van der Waals surface area contributed by atoms with Gasteiger partial charge in [0.25, 0.3) is 5.91 Å². The smallest absolute Gasteiger partial charge is 0.330 e. The fraction of sp³-hybridized carbons (Fsp3) is 0.545. The van der Waals surface area contributed by atoms with E-state index in [0.29, 0.717) is 5.69 Å². The number of carbonyl (C=O) groups excluding carboxylic acids is 4. The second-order valence-electron chi connectivity index (χ2n) is 8.64. The van der Waals surface area contributed by atoms with E-state index in [0.717, 1.165) is 24.2 Å². The molecule has 29 heavy (non-hydrogen) atoms. The Morgan fingerprint density at radius 3 is 2.21 bits per heavy atom. The molecule has 0 aromatic heterocycles. The van der Waals surface area contributed by atoms with Crippen LogP contribution in [0.2, 0.25) is 0 Å². The van der Waals surface area contributed by atoms with Crippen LogP contribution in [-0.2, 0) is 23.9 Å². The molecule has 1 heterocycles. The maximum atomic E-state index is 13.0. The molecule has 7 nitrogen and oxygen atoms in total. The number of fused-ring (bicyclic) bond motifs is 5. The van der Waals surface area contributed by atoms with Gasteiger partial charge < -0.3 is 10.1 Å². The molecular weight excluding hydrogens is 372 g/mol. The lowest BCUT2D eigenvalue weighted by molar-refractivity contribution is -0.162. The number of benzene rings is 1. The molecule has 2 aliphatic carbocycles. The van der Waals surface area contributed by atoms with E-state index < -0.39 is 24.5 Å². The van der Waals surface area contributed by atoms with Gasteiger partial charge in [0.2, 0.25) is 11.8 Å². The molecule has 1 N–H and O–H groups in total. The average Bonchev–Trinajstić information content (AvgIpc) is 3.37. The number of amides is 3. The Balaban J connectivity index is 1.42. The molecule has 3 amide bonds. The highest BCUT2D eigenvalue weighted by atomic mass is 16.5. The van der Waals surface area contributed by atoms with Gasteiger partial charge in [0.15, 0.2) is 6.61 Å². The van der Waals surface area contributed by atoms with Crippen molar-refractivity contribution in [3.8, 4) is 0 Å². The van der Waals surface area contributed by atoms with E-state index in [9.17, 15) is 19.2 Å². The van der Waals surface area contributed by atoms with Gasteiger partial charge in [0.05, 0.1) is 11.8 Å². The lowest BCUT2D eigenvalue weighted by Gasteiger charge is -2.28. The summed E-state index contributed by atoms with van der Waals surface area (Å²) in [5.41, 5.74) is 0.599. The monoisotopic (exact) mass is 398 g/mol. The number of rotatable bonds is 6.